The van der Waals surface area contributed by atoms with Gasteiger partial charge in [0, 0.05) is 23.5 Å². The van der Waals surface area contributed by atoms with Gasteiger partial charge in [0.1, 0.15) is 0 Å². The van der Waals surface area contributed by atoms with Crippen LogP contribution in [-0.2, 0) is 6.54 Å². The summed E-state index contributed by atoms with van der Waals surface area (Å²) in [5.74, 6) is 0.308. The zero-order chi connectivity index (χ0) is 12.6. The second-order valence-corrected chi connectivity index (χ2v) is 4.11. The van der Waals surface area contributed by atoms with E-state index in [1.54, 1.807) is 0 Å². The molecule has 5 heteroatoms. The first-order valence-corrected chi connectivity index (χ1v) is 5.68. The van der Waals surface area contributed by atoms with Crippen molar-refractivity contribution >= 4 is 5.95 Å². The van der Waals surface area contributed by atoms with E-state index < -0.39 is 0 Å². The van der Waals surface area contributed by atoms with Gasteiger partial charge in [0.15, 0.2) is 0 Å². The summed E-state index contributed by atoms with van der Waals surface area (Å²) in [7, 11) is 0. The van der Waals surface area contributed by atoms with Gasteiger partial charge in [-0.05, 0) is 33.8 Å². The maximum Gasteiger partial charge on any atom is 0.220 e. The zero-order valence-electron chi connectivity index (χ0n) is 10.7. The van der Waals surface area contributed by atoms with Crippen molar-refractivity contribution in [3.8, 4) is 11.3 Å². The molecule has 5 nitrogen and oxygen atoms in total. The number of hydrogen-bond acceptors (Lipinski definition) is 4. The largest absolute Gasteiger partial charge is 0.368 e. The molecule has 2 aromatic heterocycles. The Morgan fingerprint density at radius 3 is 2.47 bits per heavy atom. The van der Waals surface area contributed by atoms with Crippen molar-refractivity contribution in [2.75, 3.05) is 5.73 Å². The van der Waals surface area contributed by atoms with Crippen molar-refractivity contribution in [2.24, 2.45) is 0 Å². The Bertz CT molecular complexity index is 536. The molecule has 0 aromatic carbocycles. The number of anilines is 1. The van der Waals surface area contributed by atoms with Crippen LogP contribution >= 0.6 is 0 Å². The van der Waals surface area contributed by atoms with Gasteiger partial charge in [-0.3, -0.25) is 4.68 Å². The van der Waals surface area contributed by atoms with E-state index in [9.17, 15) is 0 Å². The predicted molar refractivity (Wildman–Crippen MR) is 67.6 cm³/mol. The Morgan fingerprint density at radius 1 is 1.24 bits per heavy atom. The van der Waals surface area contributed by atoms with Gasteiger partial charge < -0.3 is 5.73 Å². The summed E-state index contributed by atoms with van der Waals surface area (Å²) in [6.07, 6.45) is 0. The highest BCUT2D eigenvalue weighted by Gasteiger charge is 2.14. The van der Waals surface area contributed by atoms with Crippen LogP contribution in [0.2, 0.25) is 0 Å². The molecule has 0 fully saturated rings. The first kappa shape index (κ1) is 11.6. The van der Waals surface area contributed by atoms with Crippen molar-refractivity contribution in [1.82, 2.24) is 19.7 Å². The van der Waals surface area contributed by atoms with Crippen LogP contribution in [0.15, 0.2) is 6.07 Å². The highest BCUT2D eigenvalue weighted by Crippen LogP contribution is 2.25. The van der Waals surface area contributed by atoms with Crippen molar-refractivity contribution < 1.29 is 0 Å². The van der Waals surface area contributed by atoms with E-state index >= 15 is 0 Å². The van der Waals surface area contributed by atoms with Crippen LogP contribution in [0.4, 0.5) is 5.95 Å². The molecule has 17 heavy (non-hydrogen) atoms. The molecule has 0 bridgehead atoms. The van der Waals surface area contributed by atoms with Crippen LogP contribution in [0.1, 0.15) is 24.0 Å². The van der Waals surface area contributed by atoms with Crippen LogP contribution in [-0.4, -0.2) is 19.7 Å². The summed E-state index contributed by atoms with van der Waals surface area (Å²) in [5.41, 5.74) is 10.6. The van der Waals surface area contributed by atoms with E-state index in [4.69, 9.17) is 5.73 Å². The lowest BCUT2D eigenvalue weighted by Crippen LogP contribution is -2.00. The molecule has 0 spiro atoms. The number of aryl methyl sites for hydroxylation is 3. The van der Waals surface area contributed by atoms with Crippen LogP contribution < -0.4 is 5.73 Å². The Morgan fingerprint density at radius 2 is 1.94 bits per heavy atom. The fraction of sp³-hybridized carbons (Fsp3) is 0.417. The Kier molecular flexibility index (Phi) is 2.83. The average molecular weight is 231 g/mol. The third-order valence-corrected chi connectivity index (χ3v) is 2.81. The Hall–Kier alpha value is -1.91. The van der Waals surface area contributed by atoms with Gasteiger partial charge in [0.25, 0.3) is 0 Å². The van der Waals surface area contributed by atoms with Crippen LogP contribution in [0.25, 0.3) is 11.3 Å². The number of nitrogens with two attached hydrogens (primary N) is 1. The van der Waals surface area contributed by atoms with Gasteiger partial charge in [-0.1, -0.05) is 0 Å². The minimum Gasteiger partial charge on any atom is -0.368 e. The van der Waals surface area contributed by atoms with Gasteiger partial charge in [-0.25, -0.2) is 9.97 Å². The molecule has 0 radical (unpaired) electrons. The molecule has 0 aliphatic carbocycles. The summed E-state index contributed by atoms with van der Waals surface area (Å²) < 4.78 is 1.97. The summed E-state index contributed by atoms with van der Waals surface area (Å²) >= 11 is 0. The van der Waals surface area contributed by atoms with E-state index in [-0.39, 0.29) is 0 Å². The van der Waals surface area contributed by atoms with E-state index in [1.807, 2.05) is 31.5 Å². The number of nitrogens with zero attached hydrogens (tertiary/aromatic N) is 4. The molecular weight excluding hydrogens is 214 g/mol. The maximum atomic E-state index is 5.69. The van der Waals surface area contributed by atoms with Crippen LogP contribution in [0.3, 0.4) is 0 Å². The van der Waals surface area contributed by atoms with E-state index in [2.05, 4.69) is 22.0 Å². The van der Waals surface area contributed by atoms with E-state index in [0.717, 1.165) is 34.9 Å². The topological polar surface area (TPSA) is 69.6 Å². The minimum atomic E-state index is 0.308. The van der Waals surface area contributed by atoms with Crippen molar-refractivity contribution in [1.29, 1.82) is 0 Å². The molecular formula is C12H17N5. The second kappa shape index (κ2) is 4.16. The van der Waals surface area contributed by atoms with Crippen molar-refractivity contribution in [2.45, 2.75) is 34.2 Å². The molecule has 0 aliphatic rings. The number of nitrogen functional groups attached to an aromatic ring is 1. The molecule has 2 heterocycles. The highest BCUT2D eigenvalue weighted by atomic mass is 15.3. The predicted octanol–water partition coefficient (Wildman–Crippen LogP) is 1.87. The molecule has 0 amide bonds. The van der Waals surface area contributed by atoms with Gasteiger partial charge in [-0.15, -0.1) is 0 Å². The van der Waals surface area contributed by atoms with Gasteiger partial charge in [0.05, 0.1) is 11.4 Å². The first-order valence-electron chi connectivity index (χ1n) is 5.68. The van der Waals surface area contributed by atoms with Crippen molar-refractivity contribution in [3.63, 3.8) is 0 Å². The second-order valence-electron chi connectivity index (χ2n) is 4.11. The molecule has 0 saturated heterocycles. The standard InChI is InChI=1S/C12H17N5/c1-5-17-9(4)11(8(3)16-17)10-6-7(2)14-12(13)15-10/h6H,5H2,1-4H3,(H2,13,14,15). The summed E-state index contributed by atoms with van der Waals surface area (Å²) in [6, 6.07) is 1.94. The van der Waals surface area contributed by atoms with Crippen LogP contribution in [0, 0.1) is 20.8 Å². The first-order chi connectivity index (χ1) is 8.02. The summed E-state index contributed by atoms with van der Waals surface area (Å²) in [5, 5.41) is 4.48. The lowest BCUT2D eigenvalue weighted by atomic mass is 10.1. The smallest absolute Gasteiger partial charge is 0.220 e. The normalized spacial score (nSPS) is 10.8. The summed E-state index contributed by atoms with van der Waals surface area (Å²) in [4.78, 5) is 8.37. The summed E-state index contributed by atoms with van der Waals surface area (Å²) in [6.45, 7) is 8.88. The lowest BCUT2D eigenvalue weighted by molar-refractivity contribution is 0.634. The molecule has 0 saturated carbocycles. The molecule has 0 aliphatic heterocycles. The molecule has 2 N–H and O–H groups in total. The Labute approximate surface area is 101 Å². The highest BCUT2D eigenvalue weighted by molar-refractivity contribution is 5.65. The quantitative estimate of drug-likeness (QED) is 0.856. The monoisotopic (exact) mass is 231 g/mol. The molecule has 0 unspecified atom stereocenters. The number of rotatable bonds is 2. The Balaban J connectivity index is 2.63. The third-order valence-electron chi connectivity index (χ3n) is 2.81. The van der Waals surface area contributed by atoms with Crippen molar-refractivity contribution in [3.05, 3.63) is 23.1 Å². The van der Waals surface area contributed by atoms with Gasteiger partial charge >= 0.3 is 0 Å². The van der Waals surface area contributed by atoms with E-state index in [1.165, 1.54) is 0 Å². The molecule has 90 valence electrons. The molecule has 0 atom stereocenters. The average Bonchev–Trinajstić information content (AvgIpc) is 2.52. The number of hydrogen-bond donors (Lipinski definition) is 1. The maximum absolute atomic E-state index is 5.69. The SMILES string of the molecule is CCn1nc(C)c(-c2cc(C)nc(N)n2)c1C. The lowest BCUT2D eigenvalue weighted by Gasteiger charge is -2.04. The van der Waals surface area contributed by atoms with E-state index in [0.29, 0.717) is 5.95 Å². The third kappa shape index (κ3) is 2.00. The minimum absolute atomic E-state index is 0.308. The zero-order valence-corrected chi connectivity index (χ0v) is 10.7. The number of aromatic nitrogens is 4. The van der Waals surface area contributed by atoms with Crippen LogP contribution in [0.5, 0.6) is 0 Å². The van der Waals surface area contributed by atoms with Gasteiger partial charge in [-0.2, -0.15) is 5.10 Å². The fourth-order valence-corrected chi connectivity index (χ4v) is 2.10. The fourth-order valence-electron chi connectivity index (χ4n) is 2.10. The molecule has 2 rings (SSSR count). The van der Waals surface area contributed by atoms with Gasteiger partial charge in [0.2, 0.25) is 5.95 Å². The molecule has 2 aromatic rings.